The summed E-state index contributed by atoms with van der Waals surface area (Å²) in [6.45, 7) is 1.47. The molecule has 1 aliphatic rings. The van der Waals surface area contributed by atoms with E-state index in [9.17, 15) is 4.79 Å². The van der Waals surface area contributed by atoms with Crippen molar-refractivity contribution in [2.24, 2.45) is 5.92 Å². The van der Waals surface area contributed by atoms with Crippen LogP contribution in [0.5, 0.6) is 0 Å². The number of hydrogen-bond donors (Lipinski definition) is 1. The Kier molecular flexibility index (Phi) is 4.02. The second-order valence-corrected chi connectivity index (χ2v) is 5.55. The maximum atomic E-state index is 12.8. The lowest BCUT2D eigenvalue weighted by Crippen LogP contribution is -2.52. The summed E-state index contributed by atoms with van der Waals surface area (Å²) in [5, 5.41) is 9.12. The molecular formula is C18H19NO2. The summed E-state index contributed by atoms with van der Waals surface area (Å²) in [6.07, 6.45) is 0. The van der Waals surface area contributed by atoms with Crippen molar-refractivity contribution in [1.29, 1.82) is 0 Å². The van der Waals surface area contributed by atoms with Crippen LogP contribution in [-0.4, -0.2) is 35.6 Å². The molecule has 0 saturated carbocycles. The highest BCUT2D eigenvalue weighted by atomic mass is 16.3. The number of nitrogens with zero attached hydrogens (tertiary/aromatic N) is 1. The molecule has 0 radical (unpaired) electrons. The Balaban J connectivity index is 1.89. The first-order valence-corrected chi connectivity index (χ1v) is 7.29. The van der Waals surface area contributed by atoms with Crippen LogP contribution in [-0.2, 0) is 4.79 Å². The van der Waals surface area contributed by atoms with Crippen LogP contribution in [0.1, 0.15) is 17.0 Å². The molecule has 0 aromatic heterocycles. The summed E-state index contributed by atoms with van der Waals surface area (Å²) in [4.78, 5) is 14.7. The quantitative estimate of drug-likeness (QED) is 0.934. The second-order valence-electron chi connectivity index (χ2n) is 5.55. The van der Waals surface area contributed by atoms with Gasteiger partial charge in [0.2, 0.25) is 5.91 Å². The minimum Gasteiger partial charge on any atom is -0.396 e. The molecule has 108 valence electrons. The van der Waals surface area contributed by atoms with E-state index in [2.05, 4.69) is 0 Å². The molecule has 1 saturated heterocycles. The van der Waals surface area contributed by atoms with E-state index in [0.29, 0.717) is 13.1 Å². The van der Waals surface area contributed by atoms with Crippen LogP contribution < -0.4 is 0 Å². The standard InChI is InChI=1S/C18H19NO2/c20-13-14-11-19(12-14)18(21)17(15-7-3-1-4-8-15)16-9-5-2-6-10-16/h1-10,14,17,20H,11-13H2. The van der Waals surface area contributed by atoms with Crippen LogP contribution >= 0.6 is 0 Å². The van der Waals surface area contributed by atoms with Gasteiger partial charge in [-0.2, -0.15) is 0 Å². The van der Waals surface area contributed by atoms with Crippen molar-refractivity contribution in [2.45, 2.75) is 5.92 Å². The number of carbonyl (C=O) groups excluding carboxylic acids is 1. The number of carbonyl (C=O) groups is 1. The van der Waals surface area contributed by atoms with E-state index in [1.54, 1.807) is 0 Å². The molecule has 0 bridgehead atoms. The monoisotopic (exact) mass is 281 g/mol. The summed E-state index contributed by atoms with van der Waals surface area (Å²) in [5.74, 6) is 0.102. The number of aliphatic hydroxyl groups excluding tert-OH is 1. The number of benzene rings is 2. The predicted octanol–water partition coefficient (Wildman–Crippen LogP) is 2.27. The Hall–Kier alpha value is -2.13. The van der Waals surface area contributed by atoms with Crippen LogP contribution in [0.25, 0.3) is 0 Å². The maximum Gasteiger partial charge on any atom is 0.234 e. The summed E-state index contributed by atoms with van der Waals surface area (Å²) < 4.78 is 0. The zero-order chi connectivity index (χ0) is 14.7. The van der Waals surface area contributed by atoms with Crippen molar-refractivity contribution in [2.75, 3.05) is 19.7 Å². The first-order valence-electron chi connectivity index (χ1n) is 7.29. The van der Waals surface area contributed by atoms with Crippen LogP contribution in [0.4, 0.5) is 0 Å². The van der Waals surface area contributed by atoms with E-state index >= 15 is 0 Å². The Bertz CT molecular complexity index is 552. The highest BCUT2D eigenvalue weighted by Crippen LogP contribution is 2.29. The van der Waals surface area contributed by atoms with Crippen molar-refractivity contribution in [3.63, 3.8) is 0 Å². The van der Waals surface area contributed by atoms with Gasteiger partial charge in [-0.1, -0.05) is 60.7 Å². The summed E-state index contributed by atoms with van der Waals surface area (Å²) in [6, 6.07) is 19.8. The second kappa shape index (κ2) is 6.10. The molecule has 3 heteroatoms. The molecule has 21 heavy (non-hydrogen) atoms. The lowest BCUT2D eigenvalue weighted by atomic mass is 9.88. The number of likely N-dealkylation sites (tertiary alicyclic amines) is 1. The summed E-state index contributed by atoms with van der Waals surface area (Å²) >= 11 is 0. The van der Waals surface area contributed by atoms with Crippen LogP contribution in [0.3, 0.4) is 0 Å². The third-order valence-corrected chi connectivity index (χ3v) is 4.04. The van der Waals surface area contributed by atoms with E-state index < -0.39 is 0 Å². The molecule has 0 atom stereocenters. The summed E-state index contributed by atoms with van der Waals surface area (Å²) in [5.41, 5.74) is 2.03. The van der Waals surface area contributed by atoms with Gasteiger partial charge in [0, 0.05) is 25.6 Å². The highest BCUT2D eigenvalue weighted by Gasteiger charge is 2.35. The van der Waals surface area contributed by atoms with E-state index in [1.165, 1.54) is 0 Å². The Morgan fingerprint density at radius 1 is 1.00 bits per heavy atom. The minimum absolute atomic E-state index is 0.122. The Labute approximate surface area is 124 Å². The van der Waals surface area contributed by atoms with Crippen molar-refractivity contribution >= 4 is 5.91 Å². The molecule has 1 amide bonds. The Morgan fingerprint density at radius 2 is 1.48 bits per heavy atom. The number of hydrogen-bond acceptors (Lipinski definition) is 2. The molecule has 2 aromatic rings. The molecule has 0 aliphatic carbocycles. The number of aliphatic hydroxyl groups is 1. The molecular weight excluding hydrogens is 262 g/mol. The van der Waals surface area contributed by atoms with E-state index in [0.717, 1.165) is 11.1 Å². The number of amides is 1. The third-order valence-electron chi connectivity index (χ3n) is 4.04. The molecule has 1 N–H and O–H groups in total. The first-order chi connectivity index (χ1) is 10.3. The smallest absolute Gasteiger partial charge is 0.234 e. The van der Waals surface area contributed by atoms with Crippen LogP contribution in [0.15, 0.2) is 60.7 Å². The molecule has 0 spiro atoms. The molecule has 1 aliphatic heterocycles. The van der Waals surface area contributed by atoms with Gasteiger partial charge in [0.15, 0.2) is 0 Å². The van der Waals surface area contributed by atoms with E-state index in [4.69, 9.17) is 5.11 Å². The van der Waals surface area contributed by atoms with Crippen molar-refractivity contribution < 1.29 is 9.90 Å². The maximum absolute atomic E-state index is 12.8. The van der Waals surface area contributed by atoms with Gasteiger partial charge >= 0.3 is 0 Å². The average Bonchev–Trinajstić information content (AvgIpc) is 2.49. The van der Waals surface area contributed by atoms with Gasteiger partial charge in [0.1, 0.15) is 0 Å². The molecule has 1 heterocycles. The molecule has 3 nitrogen and oxygen atoms in total. The van der Waals surface area contributed by atoms with Crippen molar-refractivity contribution in [1.82, 2.24) is 4.90 Å². The van der Waals surface area contributed by atoms with Crippen molar-refractivity contribution in [3.05, 3.63) is 71.8 Å². The van der Waals surface area contributed by atoms with Gasteiger partial charge in [0.05, 0.1) is 5.92 Å². The Morgan fingerprint density at radius 3 is 1.90 bits per heavy atom. The fourth-order valence-electron chi connectivity index (χ4n) is 2.82. The zero-order valence-corrected chi connectivity index (χ0v) is 11.9. The fraction of sp³-hybridized carbons (Fsp3) is 0.278. The van der Waals surface area contributed by atoms with Gasteiger partial charge in [-0.05, 0) is 11.1 Å². The summed E-state index contributed by atoms with van der Waals surface area (Å²) in [7, 11) is 0. The molecule has 2 aromatic carbocycles. The van der Waals surface area contributed by atoms with E-state index in [1.807, 2.05) is 65.6 Å². The third kappa shape index (κ3) is 2.83. The van der Waals surface area contributed by atoms with Gasteiger partial charge < -0.3 is 10.0 Å². The highest BCUT2D eigenvalue weighted by molar-refractivity contribution is 5.87. The first kappa shape index (κ1) is 13.8. The van der Waals surface area contributed by atoms with E-state index in [-0.39, 0.29) is 24.3 Å². The van der Waals surface area contributed by atoms with Crippen molar-refractivity contribution in [3.8, 4) is 0 Å². The van der Waals surface area contributed by atoms with Gasteiger partial charge in [-0.3, -0.25) is 4.79 Å². The van der Waals surface area contributed by atoms with Gasteiger partial charge in [-0.15, -0.1) is 0 Å². The molecule has 1 fully saturated rings. The topological polar surface area (TPSA) is 40.5 Å². The molecule has 3 rings (SSSR count). The largest absolute Gasteiger partial charge is 0.396 e. The SMILES string of the molecule is O=C(C(c1ccccc1)c1ccccc1)N1CC(CO)C1. The lowest BCUT2D eigenvalue weighted by Gasteiger charge is -2.40. The van der Waals surface area contributed by atoms with Gasteiger partial charge in [0.25, 0.3) is 0 Å². The normalized spacial score (nSPS) is 15.0. The van der Waals surface area contributed by atoms with Crippen LogP contribution in [0, 0.1) is 5.92 Å². The van der Waals surface area contributed by atoms with Gasteiger partial charge in [-0.25, -0.2) is 0 Å². The fourth-order valence-corrected chi connectivity index (χ4v) is 2.82. The van der Waals surface area contributed by atoms with Crippen LogP contribution in [0.2, 0.25) is 0 Å². The average molecular weight is 281 g/mol. The zero-order valence-electron chi connectivity index (χ0n) is 11.9. The lowest BCUT2D eigenvalue weighted by molar-refractivity contribution is -0.139. The molecule has 0 unspecified atom stereocenters. The minimum atomic E-state index is -0.257. The number of rotatable bonds is 4. The predicted molar refractivity (Wildman–Crippen MR) is 81.9 cm³/mol.